The van der Waals surface area contributed by atoms with Crippen molar-refractivity contribution < 1.29 is 23.6 Å². The van der Waals surface area contributed by atoms with Crippen LogP contribution in [0.4, 0.5) is 4.39 Å². The predicted molar refractivity (Wildman–Crippen MR) is 182 cm³/mol. The first-order valence-corrected chi connectivity index (χ1v) is 15.9. The van der Waals surface area contributed by atoms with Crippen LogP contribution in [-0.2, 0) is 38.6 Å². The average Bonchev–Trinajstić information content (AvgIpc) is 3.04. The lowest BCUT2D eigenvalue weighted by Crippen LogP contribution is -2.54. The van der Waals surface area contributed by atoms with E-state index in [-0.39, 0.29) is 44.0 Å². The molecule has 0 heterocycles. The first-order chi connectivity index (χ1) is 22.5. The van der Waals surface area contributed by atoms with Crippen LogP contribution in [0.25, 0.3) is 10.8 Å². The van der Waals surface area contributed by atoms with Crippen molar-refractivity contribution in [1.29, 1.82) is 0 Å². The van der Waals surface area contributed by atoms with E-state index in [0.717, 1.165) is 21.9 Å². The third-order valence-corrected chi connectivity index (χ3v) is 7.63. The summed E-state index contributed by atoms with van der Waals surface area (Å²) in [6.07, 6.45) is 0.740. The molecule has 47 heavy (non-hydrogen) atoms. The van der Waals surface area contributed by atoms with Crippen LogP contribution in [0.2, 0.25) is 0 Å². The van der Waals surface area contributed by atoms with Crippen molar-refractivity contribution in [2.75, 3.05) is 0 Å². The van der Waals surface area contributed by atoms with Gasteiger partial charge < -0.3 is 21.3 Å². The zero-order valence-corrected chi connectivity index (χ0v) is 27.1. The lowest BCUT2D eigenvalue weighted by Gasteiger charge is -2.24. The molecule has 0 aliphatic carbocycles. The Hall–Kier alpha value is -5.05. The van der Waals surface area contributed by atoms with E-state index < -0.39 is 35.3 Å². The highest BCUT2D eigenvalue weighted by Crippen LogP contribution is 2.18. The molecule has 0 fully saturated rings. The monoisotopic (exact) mass is 638 g/mol. The summed E-state index contributed by atoms with van der Waals surface area (Å²) in [5.74, 6) is -2.05. The van der Waals surface area contributed by atoms with E-state index in [9.17, 15) is 23.6 Å². The maximum atomic E-state index is 13.8. The number of hydrogen-bond acceptors (Lipinski definition) is 4. The molecule has 0 bridgehead atoms. The Morgan fingerprint density at radius 2 is 1.36 bits per heavy atom. The molecule has 0 aromatic heterocycles. The molecule has 0 radical (unpaired) electrons. The van der Waals surface area contributed by atoms with Crippen molar-refractivity contribution in [3.05, 3.63) is 120 Å². The number of carbonyl (C=O) groups excluding carboxylic acids is 4. The van der Waals surface area contributed by atoms with Gasteiger partial charge in [0.25, 0.3) is 0 Å². The molecule has 0 aliphatic rings. The molecule has 4 aromatic rings. The molecule has 4 amide bonds. The fraction of sp³-hybridized carbons (Fsp3) is 0.316. The van der Waals surface area contributed by atoms with Gasteiger partial charge in [-0.2, -0.15) is 0 Å². The van der Waals surface area contributed by atoms with Crippen LogP contribution in [0.1, 0.15) is 56.7 Å². The van der Waals surface area contributed by atoms with Crippen molar-refractivity contribution in [3.63, 3.8) is 0 Å². The standard InChI is InChI=1S/C38H43FN4O4/c1-38(2,3)43-35(45)23-21-32(41-34(44)22-18-26-10-5-4-6-11-26)37(47)42-33(24-27-16-19-30(39)20-17-27)36(46)40-25-29-14-9-13-28-12-7-8-15-31(28)29/h4-17,19-20,32-33H,18,21-25H2,1-3H3,(H,40,46)(H,41,44)(H,42,47)(H,43,45)/t32-,33?/m0/s1. The molecule has 2 atom stereocenters. The van der Waals surface area contributed by atoms with Gasteiger partial charge in [-0.15, -0.1) is 0 Å². The Kier molecular flexibility index (Phi) is 12.2. The topological polar surface area (TPSA) is 116 Å². The molecule has 0 saturated heterocycles. The van der Waals surface area contributed by atoms with Gasteiger partial charge in [0.1, 0.15) is 17.9 Å². The summed E-state index contributed by atoms with van der Waals surface area (Å²) in [6.45, 7) is 5.80. The van der Waals surface area contributed by atoms with Gasteiger partial charge in [0.05, 0.1) is 0 Å². The summed E-state index contributed by atoms with van der Waals surface area (Å²) in [4.78, 5) is 53.0. The number of nitrogens with one attached hydrogen (secondary N) is 4. The quantitative estimate of drug-likeness (QED) is 0.153. The van der Waals surface area contributed by atoms with Gasteiger partial charge in [-0.05, 0) is 73.2 Å². The number of fused-ring (bicyclic) bond motifs is 1. The number of benzene rings is 4. The third-order valence-electron chi connectivity index (χ3n) is 7.63. The normalized spacial score (nSPS) is 12.5. The molecule has 246 valence electrons. The number of amides is 4. The number of halogens is 1. The summed E-state index contributed by atoms with van der Waals surface area (Å²) in [6, 6.07) is 26.8. The smallest absolute Gasteiger partial charge is 0.243 e. The van der Waals surface area contributed by atoms with Crippen LogP contribution < -0.4 is 21.3 Å². The number of rotatable bonds is 14. The van der Waals surface area contributed by atoms with Crippen LogP contribution in [0.5, 0.6) is 0 Å². The van der Waals surface area contributed by atoms with Crippen LogP contribution in [0, 0.1) is 5.82 Å². The van der Waals surface area contributed by atoms with Gasteiger partial charge in [0, 0.05) is 31.3 Å². The maximum Gasteiger partial charge on any atom is 0.243 e. The Morgan fingerprint density at radius 3 is 2.09 bits per heavy atom. The molecule has 0 saturated carbocycles. The molecular weight excluding hydrogens is 595 g/mol. The molecule has 4 N–H and O–H groups in total. The Balaban J connectivity index is 1.50. The first-order valence-electron chi connectivity index (χ1n) is 15.9. The molecular formula is C38H43FN4O4. The highest BCUT2D eigenvalue weighted by molar-refractivity contribution is 5.93. The predicted octanol–water partition coefficient (Wildman–Crippen LogP) is 5.14. The van der Waals surface area contributed by atoms with Crippen molar-refractivity contribution in [2.45, 2.75) is 77.0 Å². The minimum Gasteiger partial charge on any atom is -0.352 e. The van der Waals surface area contributed by atoms with Gasteiger partial charge in [-0.1, -0.05) is 84.9 Å². The number of carbonyl (C=O) groups is 4. The molecule has 1 unspecified atom stereocenters. The second-order valence-corrected chi connectivity index (χ2v) is 12.7. The molecule has 4 aromatic carbocycles. The van der Waals surface area contributed by atoms with Crippen molar-refractivity contribution in [3.8, 4) is 0 Å². The zero-order chi connectivity index (χ0) is 33.8. The van der Waals surface area contributed by atoms with Crippen molar-refractivity contribution in [2.24, 2.45) is 0 Å². The fourth-order valence-corrected chi connectivity index (χ4v) is 5.28. The van der Waals surface area contributed by atoms with E-state index in [2.05, 4.69) is 21.3 Å². The zero-order valence-electron chi connectivity index (χ0n) is 27.1. The summed E-state index contributed by atoms with van der Waals surface area (Å²) < 4.78 is 13.7. The lowest BCUT2D eigenvalue weighted by molar-refractivity contribution is -0.132. The number of aryl methyl sites for hydroxylation is 1. The van der Waals surface area contributed by atoms with Crippen LogP contribution in [0.3, 0.4) is 0 Å². The Labute approximate surface area is 275 Å². The van der Waals surface area contributed by atoms with Crippen molar-refractivity contribution in [1.82, 2.24) is 21.3 Å². The molecule has 8 nitrogen and oxygen atoms in total. The minimum atomic E-state index is -1.06. The van der Waals surface area contributed by atoms with E-state index in [1.165, 1.54) is 12.1 Å². The third kappa shape index (κ3) is 11.4. The summed E-state index contributed by atoms with van der Waals surface area (Å²) >= 11 is 0. The van der Waals surface area contributed by atoms with E-state index in [1.807, 2.05) is 93.6 Å². The minimum absolute atomic E-state index is 0.00969. The Bertz CT molecular complexity index is 1660. The SMILES string of the molecule is CC(C)(C)NC(=O)CC[C@H](NC(=O)CCc1ccccc1)C(=O)NC(Cc1ccc(F)cc1)C(=O)NCc1cccc2ccccc12. The second kappa shape index (κ2) is 16.5. The van der Waals surface area contributed by atoms with E-state index in [1.54, 1.807) is 12.1 Å². The highest BCUT2D eigenvalue weighted by atomic mass is 19.1. The fourth-order valence-electron chi connectivity index (χ4n) is 5.28. The molecule has 4 rings (SSSR count). The molecule has 0 aliphatic heterocycles. The first kappa shape index (κ1) is 34.8. The lowest BCUT2D eigenvalue weighted by atomic mass is 10.0. The summed E-state index contributed by atoms with van der Waals surface area (Å²) in [5.41, 5.74) is 2.08. The Morgan fingerprint density at radius 1 is 0.681 bits per heavy atom. The average molecular weight is 639 g/mol. The highest BCUT2D eigenvalue weighted by Gasteiger charge is 2.28. The molecule has 9 heteroatoms. The molecule has 0 spiro atoms. The largest absolute Gasteiger partial charge is 0.352 e. The van der Waals surface area contributed by atoms with Gasteiger partial charge in [0.2, 0.25) is 23.6 Å². The summed E-state index contributed by atoms with van der Waals surface area (Å²) in [5, 5.41) is 13.5. The summed E-state index contributed by atoms with van der Waals surface area (Å²) in [7, 11) is 0. The van der Waals surface area contributed by atoms with E-state index in [0.29, 0.717) is 12.0 Å². The van der Waals surface area contributed by atoms with Gasteiger partial charge in [0.15, 0.2) is 0 Å². The van der Waals surface area contributed by atoms with Gasteiger partial charge >= 0.3 is 0 Å². The van der Waals surface area contributed by atoms with Gasteiger partial charge in [-0.25, -0.2) is 4.39 Å². The van der Waals surface area contributed by atoms with E-state index >= 15 is 0 Å². The van der Waals surface area contributed by atoms with Crippen LogP contribution >= 0.6 is 0 Å². The van der Waals surface area contributed by atoms with Crippen LogP contribution in [0.15, 0.2) is 97.1 Å². The maximum absolute atomic E-state index is 13.8. The van der Waals surface area contributed by atoms with Crippen LogP contribution in [-0.4, -0.2) is 41.3 Å². The van der Waals surface area contributed by atoms with Crippen molar-refractivity contribution >= 4 is 34.4 Å². The number of hydrogen-bond donors (Lipinski definition) is 4. The second-order valence-electron chi connectivity index (χ2n) is 12.7. The van der Waals surface area contributed by atoms with Gasteiger partial charge in [-0.3, -0.25) is 19.2 Å². The van der Waals surface area contributed by atoms with E-state index in [4.69, 9.17) is 0 Å².